The third-order valence-electron chi connectivity index (χ3n) is 4.17. The van der Waals surface area contributed by atoms with Crippen molar-refractivity contribution in [3.05, 3.63) is 60.2 Å². The summed E-state index contributed by atoms with van der Waals surface area (Å²) in [7, 11) is 0. The van der Waals surface area contributed by atoms with Gasteiger partial charge in [-0.2, -0.15) is 0 Å². The van der Waals surface area contributed by atoms with Gasteiger partial charge < -0.3 is 0 Å². The van der Waals surface area contributed by atoms with Crippen LogP contribution in [0.15, 0.2) is 48.8 Å². The molecule has 2 heterocycles. The zero-order valence-corrected chi connectivity index (χ0v) is 17.2. The highest BCUT2D eigenvalue weighted by atomic mass is 15.2. The van der Waals surface area contributed by atoms with Crippen LogP contribution in [0.25, 0.3) is 0 Å². The van der Waals surface area contributed by atoms with Crippen molar-refractivity contribution < 1.29 is 0 Å². The first-order valence-corrected chi connectivity index (χ1v) is 9.95. The summed E-state index contributed by atoms with van der Waals surface area (Å²) in [6.07, 6.45) is 4.93. The van der Waals surface area contributed by atoms with E-state index >= 15 is 0 Å². The second-order valence-corrected chi connectivity index (χ2v) is 6.48. The summed E-state index contributed by atoms with van der Waals surface area (Å²) < 4.78 is 0. The zero-order valence-electron chi connectivity index (χ0n) is 17.2. The molecule has 26 heavy (non-hydrogen) atoms. The van der Waals surface area contributed by atoms with Gasteiger partial charge in [-0.3, -0.25) is 19.8 Å². The van der Waals surface area contributed by atoms with E-state index in [9.17, 15) is 0 Å². The van der Waals surface area contributed by atoms with Crippen LogP contribution in [0.1, 0.15) is 52.4 Å². The standard InChI is InChI=1S/C20H30N4.C2H6/c1-4-13-24(18(2)3)15-14-23(16-19-9-5-7-11-21-19)17-20-10-6-8-12-22-20;1-2/h5-12,18H,4,13-17H2,1-3H3;1-2H3. The fourth-order valence-electron chi connectivity index (χ4n) is 2.84. The molecule has 4 heteroatoms. The molecule has 4 nitrogen and oxygen atoms in total. The van der Waals surface area contributed by atoms with Crippen LogP contribution in [0, 0.1) is 0 Å². The number of aromatic nitrogens is 2. The molecule has 0 aliphatic carbocycles. The molecule has 0 spiro atoms. The Hall–Kier alpha value is -1.78. The molecular weight excluding hydrogens is 320 g/mol. The highest BCUT2D eigenvalue weighted by Crippen LogP contribution is 2.08. The average molecular weight is 357 g/mol. The van der Waals surface area contributed by atoms with Gasteiger partial charge in [0.1, 0.15) is 0 Å². The third-order valence-corrected chi connectivity index (χ3v) is 4.17. The van der Waals surface area contributed by atoms with Gasteiger partial charge in [0.25, 0.3) is 0 Å². The van der Waals surface area contributed by atoms with Crippen LogP contribution in [-0.4, -0.2) is 45.4 Å². The van der Waals surface area contributed by atoms with E-state index in [1.54, 1.807) is 0 Å². The normalized spacial score (nSPS) is 10.9. The molecule has 144 valence electrons. The van der Waals surface area contributed by atoms with Crippen molar-refractivity contribution >= 4 is 0 Å². The maximum atomic E-state index is 4.48. The first kappa shape index (κ1) is 22.3. The van der Waals surface area contributed by atoms with E-state index in [-0.39, 0.29) is 0 Å². The van der Waals surface area contributed by atoms with E-state index in [0.717, 1.165) is 44.1 Å². The van der Waals surface area contributed by atoms with Gasteiger partial charge in [0.05, 0.1) is 11.4 Å². The van der Waals surface area contributed by atoms with Gasteiger partial charge in [-0.1, -0.05) is 32.9 Å². The van der Waals surface area contributed by atoms with Gasteiger partial charge >= 0.3 is 0 Å². The fourth-order valence-corrected chi connectivity index (χ4v) is 2.84. The van der Waals surface area contributed by atoms with E-state index < -0.39 is 0 Å². The quantitative estimate of drug-likeness (QED) is 0.621. The Morgan fingerprint density at radius 2 is 1.35 bits per heavy atom. The summed E-state index contributed by atoms with van der Waals surface area (Å²) in [5.41, 5.74) is 2.22. The number of rotatable bonds is 10. The Balaban J connectivity index is 0.00000163. The highest BCUT2D eigenvalue weighted by molar-refractivity contribution is 5.06. The Morgan fingerprint density at radius 3 is 1.73 bits per heavy atom. The summed E-state index contributed by atoms with van der Waals surface area (Å²) in [6.45, 7) is 15.8. The van der Waals surface area contributed by atoms with Crippen LogP contribution >= 0.6 is 0 Å². The van der Waals surface area contributed by atoms with E-state index in [1.165, 1.54) is 6.42 Å². The summed E-state index contributed by atoms with van der Waals surface area (Å²) >= 11 is 0. The molecule has 2 rings (SSSR count). The maximum Gasteiger partial charge on any atom is 0.0544 e. The van der Waals surface area contributed by atoms with E-state index in [0.29, 0.717) is 6.04 Å². The Bertz CT molecular complexity index is 515. The van der Waals surface area contributed by atoms with Gasteiger partial charge in [-0.25, -0.2) is 0 Å². The second kappa shape index (κ2) is 13.4. The lowest BCUT2D eigenvalue weighted by atomic mass is 10.2. The highest BCUT2D eigenvalue weighted by Gasteiger charge is 2.13. The second-order valence-electron chi connectivity index (χ2n) is 6.48. The number of nitrogens with zero attached hydrogens (tertiary/aromatic N) is 4. The fraction of sp³-hybridized carbons (Fsp3) is 0.545. The molecule has 0 amide bonds. The Morgan fingerprint density at radius 1 is 0.808 bits per heavy atom. The maximum absolute atomic E-state index is 4.48. The summed E-state index contributed by atoms with van der Waals surface area (Å²) in [6, 6.07) is 12.8. The summed E-state index contributed by atoms with van der Waals surface area (Å²) in [4.78, 5) is 14.0. The van der Waals surface area contributed by atoms with Gasteiger partial charge in [-0.15, -0.1) is 0 Å². The summed E-state index contributed by atoms with van der Waals surface area (Å²) in [5.74, 6) is 0. The molecule has 2 aromatic heterocycles. The van der Waals surface area contributed by atoms with Gasteiger partial charge in [0.2, 0.25) is 0 Å². The van der Waals surface area contributed by atoms with Crippen LogP contribution in [-0.2, 0) is 13.1 Å². The molecule has 2 aromatic rings. The first-order valence-electron chi connectivity index (χ1n) is 9.95. The lowest BCUT2D eigenvalue weighted by Gasteiger charge is -2.29. The van der Waals surface area contributed by atoms with Crippen molar-refractivity contribution in [1.29, 1.82) is 0 Å². The molecule has 0 saturated carbocycles. The predicted octanol–water partition coefficient (Wildman–Crippen LogP) is 4.63. The molecular formula is C22H36N4. The van der Waals surface area contributed by atoms with Crippen molar-refractivity contribution in [3.8, 4) is 0 Å². The Labute approximate surface area is 160 Å². The van der Waals surface area contributed by atoms with Crippen LogP contribution in [0.3, 0.4) is 0 Å². The molecule has 0 saturated heterocycles. The third kappa shape index (κ3) is 8.54. The summed E-state index contributed by atoms with van der Waals surface area (Å²) in [5, 5.41) is 0. The first-order chi connectivity index (χ1) is 12.7. The van der Waals surface area contributed by atoms with E-state index in [4.69, 9.17) is 0 Å². The van der Waals surface area contributed by atoms with Gasteiger partial charge in [-0.05, 0) is 51.1 Å². The van der Waals surface area contributed by atoms with Crippen molar-refractivity contribution in [2.75, 3.05) is 19.6 Å². The molecule has 0 aliphatic heterocycles. The molecule has 0 bridgehead atoms. The largest absolute Gasteiger partial charge is 0.300 e. The van der Waals surface area contributed by atoms with Gasteiger partial charge in [0.15, 0.2) is 0 Å². The number of pyridine rings is 2. The minimum atomic E-state index is 0.580. The van der Waals surface area contributed by atoms with Crippen LogP contribution in [0.2, 0.25) is 0 Å². The minimum absolute atomic E-state index is 0.580. The molecule has 0 unspecified atom stereocenters. The molecule has 0 aromatic carbocycles. The Kier molecular flexibility index (Phi) is 11.5. The van der Waals surface area contributed by atoms with E-state index in [2.05, 4.69) is 64.8 Å². The molecule has 0 radical (unpaired) electrons. The average Bonchev–Trinajstić information content (AvgIpc) is 2.68. The van der Waals surface area contributed by atoms with Crippen molar-refractivity contribution in [2.24, 2.45) is 0 Å². The van der Waals surface area contributed by atoms with Crippen molar-refractivity contribution in [3.63, 3.8) is 0 Å². The van der Waals surface area contributed by atoms with E-state index in [1.807, 2.05) is 38.4 Å². The van der Waals surface area contributed by atoms with Crippen LogP contribution < -0.4 is 0 Å². The molecule has 0 atom stereocenters. The van der Waals surface area contributed by atoms with Gasteiger partial charge in [0, 0.05) is 44.6 Å². The van der Waals surface area contributed by atoms with Crippen molar-refractivity contribution in [2.45, 2.75) is 60.2 Å². The minimum Gasteiger partial charge on any atom is -0.300 e. The smallest absolute Gasteiger partial charge is 0.0544 e. The lowest BCUT2D eigenvalue weighted by molar-refractivity contribution is 0.165. The predicted molar refractivity (Wildman–Crippen MR) is 111 cm³/mol. The van der Waals surface area contributed by atoms with Crippen LogP contribution in [0.4, 0.5) is 0 Å². The number of hydrogen-bond acceptors (Lipinski definition) is 4. The van der Waals surface area contributed by atoms with Crippen molar-refractivity contribution in [1.82, 2.24) is 19.8 Å². The van der Waals surface area contributed by atoms with Crippen LogP contribution in [0.5, 0.6) is 0 Å². The number of hydrogen-bond donors (Lipinski definition) is 0. The lowest BCUT2D eigenvalue weighted by Crippen LogP contribution is -2.39. The molecule has 0 aliphatic rings. The molecule has 0 fully saturated rings. The SMILES string of the molecule is CC.CCCN(CCN(Cc1ccccn1)Cc1ccccn1)C(C)C. The monoisotopic (exact) mass is 356 g/mol. The molecule has 0 N–H and O–H groups in total. The zero-order chi connectivity index (χ0) is 19.2. The topological polar surface area (TPSA) is 32.3 Å².